The Kier molecular flexibility index (Phi) is 1.99. The van der Waals surface area contributed by atoms with E-state index in [2.05, 4.69) is 21.0 Å². The minimum absolute atomic E-state index is 0.348. The molecule has 0 saturated heterocycles. The molecular weight excluding hydrogens is 250 g/mol. The molecule has 0 aliphatic carbocycles. The maximum Gasteiger partial charge on any atom is 0.259 e. The van der Waals surface area contributed by atoms with Gasteiger partial charge in [-0.3, -0.25) is 14.3 Å². The molecule has 2 heterocycles. The van der Waals surface area contributed by atoms with Crippen LogP contribution >= 0.6 is 15.9 Å². The molecule has 14 heavy (non-hydrogen) atoms. The largest absolute Gasteiger partial charge is 0.269 e. The first kappa shape index (κ1) is 9.14. The van der Waals surface area contributed by atoms with Crippen LogP contribution in [0.25, 0.3) is 0 Å². The second kappa shape index (κ2) is 3.06. The lowest BCUT2D eigenvalue weighted by molar-refractivity contribution is -0.120. The van der Waals surface area contributed by atoms with Crippen molar-refractivity contribution < 1.29 is 9.59 Å². The molecule has 72 valence electrons. The fourth-order valence-corrected chi connectivity index (χ4v) is 1.79. The normalized spacial score (nSPS) is 15.7. The van der Waals surface area contributed by atoms with Gasteiger partial charge in [0.25, 0.3) is 11.8 Å². The van der Waals surface area contributed by atoms with Crippen LogP contribution in [0.15, 0.2) is 22.8 Å². The monoisotopic (exact) mass is 255 g/mol. The predicted molar refractivity (Wildman–Crippen MR) is 52.5 cm³/mol. The van der Waals surface area contributed by atoms with Crippen LogP contribution in [0.3, 0.4) is 0 Å². The van der Waals surface area contributed by atoms with Crippen molar-refractivity contribution in [1.82, 2.24) is 9.78 Å². The van der Waals surface area contributed by atoms with Gasteiger partial charge < -0.3 is 0 Å². The highest BCUT2D eigenvalue weighted by atomic mass is 79.9. The number of anilines is 1. The molecule has 2 amide bonds. The van der Waals surface area contributed by atoms with Crippen LogP contribution in [0.2, 0.25) is 0 Å². The Balaban J connectivity index is 2.50. The Hall–Kier alpha value is -1.43. The smallest absolute Gasteiger partial charge is 0.259 e. The van der Waals surface area contributed by atoms with Gasteiger partial charge in [0, 0.05) is 19.2 Å². The summed E-state index contributed by atoms with van der Waals surface area (Å²) >= 11 is 3.22. The lowest BCUT2D eigenvalue weighted by Gasteiger charge is -2.13. The van der Waals surface area contributed by atoms with Gasteiger partial charge in [0.05, 0.1) is 10.7 Å². The number of hydrogen-bond acceptors (Lipinski definition) is 3. The van der Waals surface area contributed by atoms with Gasteiger partial charge in [0.2, 0.25) is 0 Å². The summed E-state index contributed by atoms with van der Waals surface area (Å²) < 4.78 is 2.08. The highest BCUT2D eigenvalue weighted by molar-refractivity contribution is 9.10. The number of halogens is 1. The van der Waals surface area contributed by atoms with E-state index in [1.807, 2.05) is 0 Å². The number of imide groups is 1. The van der Waals surface area contributed by atoms with Crippen LogP contribution in [0.4, 0.5) is 5.82 Å². The topological polar surface area (TPSA) is 55.2 Å². The molecule has 1 aromatic heterocycles. The Morgan fingerprint density at radius 2 is 1.86 bits per heavy atom. The summed E-state index contributed by atoms with van der Waals surface area (Å²) in [6, 6.07) is 0. The van der Waals surface area contributed by atoms with Gasteiger partial charge in [-0.05, 0) is 15.9 Å². The first-order valence-electron chi connectivity index (χ1n) is 3.85. The number of rotatable bonds is 1. The van der Waals surface area contributed by atoms with Crippen molar-refractivity contribution in [2.75, 3.05) is 4.90 Å². The van der Waals surface area contributed by atoms with Crippen LogP contribution in [0.5, 0.6) is 0 Å². The van der Waals surface area contributed by atoms with Gasteiger partial charge in [-0.15, -0.1) is 0 Å². The molecule has 1 aliphatic rings. The molecule has 0 saturated carbocycles. The zero-order valence-corrected chi connectivity index (χ0v) is 8.85. The zero-order chi connectivity index (χ0) is 10.3. The molecule has 0 radical (unpaired) electrons. The maximum absolute atomic E-state index is 11.3. The average molecular weight is 256 g/mol. The van der Waals surface area contributed by atoms with E-state index in [1.54, 1.807) is 7.05 Å². The Bertz CT molecular complexity index is 412. The van der Waals surface area contributed by atoms with Gasteiger partial charge in [0.15, 0.2) is 5.82 Å². The molecule has 1 aliphatic heterocycles. The van der Waals surface area contributed by atoms with Crippen molar-refractivity contribution in [2.45, 2.75) is 0 Å². The van der Waals surface area contributed by atoms with E-state index in [1.165, 1.54) is 23.0 Å². The summed E-state index contributed by atoms with van der Waals surface area (Å²) in [7, 11) is 1.67. The van der Waals surface area contributed by atoms with Crippen molar-refractivity contribution in [3.05, 3.63) is 22.8 Å². The molecule has 2 rings (SSSR count). The Morgan fingerprint density at radius 3 is 2.29 bits per heavy atom. The van der Waals surface area contributed by atoms with E-state index in [-0.39, 0.29) is 11.8 Å². The number of aromatic nitrogens is 2. The number of carbonyl (C=O) groups is 2. The second-order valence-corrected chi connectivity index (χ2v) is 3.64. The third kappa shape index (κ3) is 1.19. The quantitative estimate of drug-likeness (QED) is 0.692. The predicted octanol–water partition coefficient (Wildman–Crippen LogP) is 0.612. The summed E-state index contributed by atoms with van der Waals surface area (Å²) in [5, 5.41) is 3.93. The molecule has 0 fully saturated rings. The fraction of sp³-hybridized carbons (Fsp3) is 0.125. The summed E-state index contributed by atoms with van der Waals surface area (Å²) in [4.78, 5) is 23.8. The molecule has 0 bridgehead atoms. The lowest BCUT2D eigenvalue weighted by atomic mass is 10.5. The summed E-state index contributed by atoms with van der Waals surface area (Å²) in [5.41, 5.74) is 0. The summed E-state index contributed by atoms with van der Waals surface area (Å²) in [5.74, 6) is -0.247. The third-order valence-electron chi connectivity index (χ3n) is 1.89. The second-order valence-electron chi connectivity index (χ2n) is 2.78. The number of amides is 2. The third-order valence-corrected chi connectivity index (χ3v) is 2.44. The molecule has 0 unspecified atom stereocenters. The maximum atomic E-state index is 11.3. The van der Waals surface area contributed by atoms with Crippen LogP contribution in [0, 0.1) is 0 Å². The van der Waals surface area contributed by atoms with E-state index < -0.39 is 0 Å². The molecule has 0 aromatic carbocycles. The van der Waals surface area contributed by atoms with E-state index in [0.29, 0.717) is 10.3 Å². The number of aryl methyl sites for hydroxylation is 1. The highest BCUT2D eigenvalue weighted by Crippen LogP contribution is 2.27. The summed E-state index contributed by atoms with van der Waals surface area (Å²) in [6.45, 7) is 0. The lowest BCUT2D eigenvalue weighted by Crippen LogP contribution is -2.31. The standard InChI is InChI=1S/C8H6BrN3O2/c1-11-8(5(9)4-10-11)12-6(13)2-3-7(12)14/h2-4H,1H3. The molecule has 0 spiro atoms. The Morgan fingerprint density at radius 1 is 1.29 bits per heavy atom. The molecule has 5 nitrogen and oxygen atoms in total. The van der Waals surface area contributed by atoms with Crippen LogP contribution in [-0.4, -0.2) is 21.6 Å². The summed E-state index contributed by atoms with van der Waals surface area (Å²) in [6.07, 6.45) is 4.01. The van der Waals surface area contributed by atoms with Gasteiger partial charge in [-0.2, -0.15) is 5.10 Å². The van der Waals surface area contributed by atoms with Crippen molar-refractivity contribution in [3.8, 4) is 0 Å². The van der Waals surface area contributed by atoms with E-state index in [4.69, 9.17) is 0 Å². The van der Waals surface area contributed by atoms with Crippen LogP contribution < -0.4 is 4.90 Å². The van der Waals surface area contributed by atoms with Gasteiger partial charge in [0.1, 0.15) is 0 Å². The van der Waals surface area contributed by atoms with E-state index in [9.17, 15) is 9.59 Å². The molecule has 6 heteroatoms. The molecule has 1 aromatic rings. The van der Waals surface area contributed by atoms with Gasteiger partial charge in [-0.1, -0.05) is 0 Å². The van der Waals surface area contributed by atoms with Crippen molar-refractivity contribution in [3.63, 3.8) is 0 Å². The minimum atomic E-state index is -0.348. The molecule has 0 N–H and O–H groups in total. The fourth-order valence-electron chi connectivity index (χ4n) is 1.26. The Labute approximate surface area is 88.1 Å². The average Bonchev–Trinajstić information content (AvgIpc) is 2.60. The van der Waals surface area contributed by atoms with E-state index >= 15 is 0 Å². The minimum Gasteiger partial charge on any atom is -0.269 e. The first-order chi connectivity index (χ1) is 6.61. The zero-order valence-electron chi connectivity index (χ0n) is 7.27. The highest BCUT2D eigenvalue weighted by Gasteiger charge is 2.29. The molecule has 0 atom stereocenters. The first-order valence-corrected chi connectivity index (χ1v) is 4.64. The van der Waals surface area contributed by atoms with Gasteiger partial charge in [-0.25, -0.2) is 4.90 Å². The number of nitrogens with zero attached hydrogens (tertiary/aromatic N) is 3. The van der Waals surface area contributed by atoms with Crippen molar-refractivity contribution in [1.29, 1.82) is 0 Å². The molecular formula is C8H6BrN3O2. The van der Waals surface area contributed by atoms with Crippen LogP contribution in [0.1, 0.15) is 0 Å². The van der Waals surface area contributed by atoms with Crippen molar-refractivity contribution >= 4 is 33.6 Å². The van der Waals surface area contributed by atoms with Gasteiger partial charge >= 0.3 is 0 Å². The van der Waals surface area contributed by atoms with E-state index in [0.717, 1.165) is 4.90 Å². The van der Waals surface area contributed by atoms with Crippen molar-refractivity contribution in [2.24, 2.45) is 7.05 Å². The number of hydrogen-bond donors (Lipinski definition) is 0. The van der Waals surface area contributed by atoms with Crippen LogP contribution in [-0.2, 0) is 16.6 Å². The SMILES string of the molecule is Cn1ncc(Br)c1N1C(=O)C=CC1=O. The number of carbonyl (C=O) groups excluding carboxylic acids is 2.